The van der Waals surface area contributed by atoms with Crippen molar-refractivity contribution in [1.82, 2.24) is 0 Å². The topological polar surface area (TPSA) is 52.6 Å². The first-order valence-electron chi connectivity index (χ1n) is 2.39. The van der Waals surface area contributed by atoms with Gasteiger partial charge in [-0.2, -0.15) is 0 Å². The molecule has 62 valence electrons. The fourth-order valence-electron chi connectivity index (χ4n) is 0.295. The van der Waals surface area contributed by atoms with E-state index in [0.717, 1.165) is 0 Å². The predicted molar refractivity (Wildman–Crippen MR) is 41.6 cm³/mol. The van der Waals surface area contributed by atoms with E-state index in [0.29, 0.717) is 0 Å². The quantitative estimate of drug-likeness (QED) is 0.303. The molecule has 0 aliphatic rings. The van der Waals surface area contributed by atoms with Gasteiger partial charge in [-0.3, -0.25) is 9.59 Å². The van der Waals surface area contributed by atoms with Crippen molar-refractivity contribution in [3.8, 4) is 0 Å². The molecular formula is C4H8K2O4S2. The Bertz CT molecular complexity index is 135. The maximum atomic E-state index is 10.3. The maximum absolute atomic E-state index is 10.3. The van der Waals surface area contributed by atoms with Gasteiger partial charge in [-0.1, -0.05) is 0 Å². The van der Waals surface area contributed by atoms with Crippen LogP contribution in [0.5, 0.6) is 0 Å². The van der Waals surface area contributed by atoms with E-state index in [1.165, 1.54) is 0 Å². The van der Waals surface area contributed by atoms with Crippen LogP contribution in [0.15, 0.2) is 0 Å². The first-order chi connectivity index (χ1) is 4.70. The molecule has 0 aliphatic carbocycles. The molecule has 0 bridgehead atoms. The summed E-state index contributed by atoms with van der Waals surface area (Å²) in [6.07, 6.45) is -0.0776. The van der Waals surface area contributed by atoms with Gasteiger partial charge in [-0.05, 0) is 0 Å². The molecule has 0 unspecified atom stereocenters. The van der Waals surface area contributed by atoms with Crippen LogP contribution in [-0.2, 0) is 18.0 Å². The molecule has 4 nitrogen and oxygen atoms in total. The van der Waals surface area contributed by atoms with E-state index in [1.54, 1.807) is 0 Å². The third-order valence-electron chi connectivity index (χ3n) is 0.737. The zero-order valence-electron chi connectivity index (χ0n) is 8.94. The van der Waals surface area contributed by atoms with Crippen molar-refractivity contribution in [2.45, 2.75) is 12.8 Å². The summed E-state index contributed by atoms with van der Waals surface area (Å²) in [6.45, 7) is 0. The molecule has 0 spiro atoms. The Kier molecular flexibility index (Phi) is 23.6. The Morgan fingerprint density at radius 1 is 1.00 bits per heavy atom. The molecule has 0 heterocycles. The average molecular weight is 262 g/mol. The van der Waals surface area contributed by atoms with E-state index < -0.39 is 11.9 Å². The summed E-state index contributed by atoms with van der Waals surface area (Å²) in [5.41, 5.74) is 0. The van der Waals surface area contributed by atoms with E-state index in [2.05, 4.69) is 34.2 Å². The standard InChI is InChI=1S/C4H6O4S2.2K.2H/c5-3(7-9)1-2-4(6)8-10;;;;/h9-10H,1-2H2;;;;/q;2*+1;2*-1. The molecule has 0 aromatic rings. The summed E-state index contributed by atoms with van der Waals surface area (Å²) in [7, 11) is 0. The molecule has 0 saturated carbocycles. The fourth-order valence-corrected chi connectivity index (χ4v) is 0.478. The minimum atomic E-state index is -0.568. The van der Waals surface area contributed by atoms with Crippen LogP contribution < -0.4 is 103 Å². The van der Waals surface area contributed by atoms with Crippen molar-refractivity contribution in [3.63, 3.8) is 0 Å². The van der Waals surface area contributed by atoms with Gasteiger partial charge in [-0.15, -0.1) is 0 Å². The van der Waals surface area contributed by atoms with Crippen molar-refractivity contribution in [2.24, 2.45) is 0 Å². The summed E-state index contributed by atoms with van der Waals surface area (Å²) in [6, 6.07) is 0. The van der Waals surface area contributed by atoms with Crippen molar-refractivity contribution >= 4 is 37.8 Å². The zero-order valence-corrected chi connectivity index (χ0v) is 15.0. The molecule has 0 amide bonds. The zero-order chi connectivity index (χ0) is 7.98. The van der Waals surface area contributed by atoms with Crippen LogP contribution in [0.25, 0.3) is 0 Å². The van der Waals surface area contributed by atoms with Gasteiger partial charge in [0.15, 0.2) is 0 Å². The predicted octanol–water partition coefficient (Wildman–Crippen LogP) is -5.22. The van der Waals surface area contributed by atoms with Gasteiger partial charge in [-0.25, -0.2) is 0 Å². The number of thiol groups is 2. The summed E-state index contributed by atoms with van der Waals surface area (Å²) in [4.78, 5) is 20.6. The molecule has 0 N–H and O–H groups in total. The van der Waals surface area contributed by atoms with E-state index >= 15 is 0 Å². The van der Waals surface area contributed by atoms with Gasteiger partial charge >= 0.3 is 115 Å². The van der Waals surface area contributed by atoms with E-state index in [1.807, 2.05) is 0 Å². The van der Waals surface area contributed by atoms with Crippen molar-refractivity contribution in [3.05, 3.63) is 0 Å². The normalized spacial score (nSPS) is 7.17. The second-order valence-corrected chi connectivity index (χ2v) is 1.79. The van der Waals surface area contributed by atoms with Crippen LogP contribution >= 0.6 is 25.8 Å². The van der Waals surface area contributed by atoms with E-state index in [-0.39, 0.29) is 118 Å². The van der Waals surface area contributed by atoms with Crippen molar-refractivity contribution in [1.29, 1.82) is 0 Å². The second-order valence-electron chi connectivity index (χ2n) is 1.43. The van der Waals surface area contributed by atoms with Gasteiger partial charge < -0.3 is 11.2 Å². The van der Waals surface area contributed by atoms with Gasteiger partial charge in [0.05, 0.1) is 12.8 Å². The number of rotatable bonds is 3. The van der Waals surface area contributed by atoms with Crippen LogP contribution in [-0.4, -0.2) is 11.9 Å². The Hall–Kier alpha value is 2.91. The molecular weight excluding hydrogens is 254 g/mol. The summed E-state index contributed by atoms with van der Waals surface area (Å²) >= 11 is 6.45. The number of carbonyl (C=O) groups excluding carboxylic acids is 2. The average Bonchev–Trinajstić information content (AvgIpc) is 1.99. The Morgan fingerprint density at radius 3 is 1.42 bits per heavy atom. The van der Waals surface area contributed by atoms with Gasteiger partial charge in [0, 0.05) is 25.8 Å². The SMILES string of the molecule is O=C(CCC(=O)OS)OS.[H-].[H-].[K+].[K+]. The maximum Gasteiger partial charge on any atom is 1.00 e. The third-order valence-corrected chi connectivity index (χ3v) is 1.14. The molecule has 0 rings (SSSR count). The van der Waals surface area contributed by atoms with Crippen LogP contribution in [0.2, 0.25) is 0 Å². The fraction of sp³-hybridized carbons (Fsp3) is 0.500. The number of hydrogen-bond donors (Lipinski definition) is 2. The largest absolute Gasteiger partial charge is 1.00 e. The monoisotopic (exact) mass is 262 g/mol. The third kappa shape index (κ3) is 12.9. The first-order valence-corrected chi connectivity index (χ1v) is 3.12. The molecule has 8 heteroatoms. The molecule has 0 atom stereocenters. The number of hydrogen-bond acceptors (Lipinski definition) is 6. The van der Waals surface area contributed by atoms with Crippen molar-refractivity contribution < 1.29 is 124 Å². The molecule has 0 saturated heterocycles. The van der Waals surface area contributed by atoms with Gasteiger partial charge in [0.2, 0.25) is 0 Å². The molecule has 0 radical (unpaired) electrons. The second kappa shape index (κ2) is 13.9. The molecule has 0 fully saturated rings. The Morgan fingerprint density at radius 2 is 1.25 bits per heavy atom. The first kappa shape index (κ1) is 20.3. The van der Waals surface area contributed by atoms with Gasteiger partial charge in [0.25, 0.3) is 0 Å². The minimum absolute atomic E-state index is 0. The summed E-state index contributed by atoms with van der Waals surface area (Å²) in [5, 5.41) is 0. The van der Waals surface area contributed by atoms with E-state index in [4.69, 9.17) is 0 Å². The van der Waals surface area contributed by atoms with Crippen LogP contribution in [0.1, 0.15) is 15.7 Å². The van der Waals surface area contributed by atoms with E-state index in [9.17, 15) is 9.59 Å². The molecule has 0 aromatic carbocycles. The van der Waals surface area contributed by atoms with Crippen LogP contribution in [0.4, 0.5) is 0 Å². The Labute approximate surface area is 170 Å². The van der Waals surface area contributed by atoms with Crippen LogP contribution in [0, 0.1) is 0 Å². The molecule has 0 aliphatic heterocycles. The minimum Gasteiger partial charge on any atom is -1.00 e. The summed E-state index contributed by atoms with van der Waals surface area (Å²) < 4.78 is 7.94. The molecule has 0 aromatic heterocycles. The molecule has 12 heavy (non-hydrogen) atoms. The Balaban J connectivity index is -0.0000000675. The van der Waals surface area contributed by atoms with Crippen LogP contribution in [0.3, 0.4) is 0 Å². The smallest absolute Gasteiger partial charge is 1.00 e. The van der Waals surface area contributed by atoms with Crippen molar-refractivity contribution in [2.75, 3.05) is 0 Å². The van der Waals surface area contributed by atoms with Gasteiger partial charge in [0.1, 0.15) is 0 Å². The number of carbonyl (C=O) groups is 2. The summed E-state index contributed by atoms with van der Waals surface area (Å²) in [5.74, 6) is -1.14.